The summed E-state index contributed by atoms with van der Waals surface area (Å²) in [6.07, 6.45) is 3.47. The Labute approximate surface area is 205 Å². The van der Waals surface area contributed by atoms with E-state index in [1.807, 2.05) is 43.3 Å². The number of halogens is 1. The molecule has 0 spiro atoms. The topological polar surface area (TPSA) is 69.2 Å². The second kappa shape index (κ2) is 15.4. The van der Waals surface area contributed by atoms with Crippen LogP contribution in [0.5, 0.6) is 0 Å². The van der Waals surface area contributed by atoms with Gasteiger partial charge in [0.25, 0.3) is 5.91 Å². The number of benzene rings is 1. The molecule has 2 rings (SSSR count). The predicted molar refractivity (Wildman–Crippen MR) is 138 cm³/mol. The largest absolute Gasteiger partial charge is 0.381 e. The summed E-state index contributed by atoms with van der Waals surface area (Å²) < 4.78 is 5.46. The van der Waals surface area contributed by atoms with E-state index < -0.39 is 0 Å². The molecule has 1 aliphatic heterocycles. The minimum atomic E-state index is -0.0387. The first-order chi connectivity index (χ1) is 14.5. The first kappa shape index (κ1) is 27.6. The fourth-order valence-electron chi connectivity index (χ4n) is 3.46. The normalized spacial score (nSPS) is 14.8. The Balaban J connectivity index is 0.00000480. The monoisotopic (exact) mass is 545 g/mol. The van der Waals surface area contributed by atoms with Crippen LogP contribution < -0.4 is 10.6 Å². The number of amides is 1. The van der Waals surface area contributed by atoms with Crippen molar-refractivity contribution in [2.24, 2.45) is 10.9 Å². The van der Waals surface area contributed by atoms with Gasteiger partial charge in [-0.05, 0) is 63.9 Å². The maximum Gasteiger partial charge on any atom is 0.251 e. The van der Waals surface area contributed by atoms with E-state index in [4.69, 9.17) is 9.73 Å². The van der Waals surface area contributed by atoms with Gasteiger partial charge in [-0.1, -0.05) is 12.1 Å². The van der Waals surface area contributed by atoms with E-state index >= 15 is 0 Å². The lowest BCUT2D eigenvalue weighted by Crippen LogP contribution is -2.40. The molecule has 1 aliphatic rings. The molecule has 7 nitrogen and oxygen atoms in total. The van der Waals surface area contributed by atoms with E-state index in [9.17, 15) is 4.79 Å². The van der Waals surface area contributed by atoms with Gasteiger partial charge in [-0.25, -0.2) is 4.99 Å². The molecule has 0 aliphatic carbocycles. The Hall–Kier alpha value is -1.39. The highest BCUT2D eigenvalue weighted by atomic mass is 127. The Morgan fingerprint density at radius 1 is 1.16 bits per heavy atom. The van der Waals surface area contributed by atoms with Gasteiger partial charge in [0.05, 0.1) is 6.54 Å². The van der Waals surface area contributed by atoms with Gasteiger partial charge >= 0.3 is 0 Å². The Morgan fingerprint density at radius 2 is 1.90 bits per heavy atom. The van der Waals surface area contributed by atoms with Crippen LogP contribution in [-0.4, -0.2) is 82.2 Å². The van der Waals surface area contributed by atoms with Crippen molar-refractivity contribution in [2.75, 3.05) is 60.5 Å². The maximum atomic E-state index is 12.4. The van der Waals surface area contributed by atoms with Crippen LogP contribution in [0.25, 0.3) is 0 Å². The number of rotatable bonds is 10. The van der Waals surface area contributed by atoms with E-state index in [-0.39, 0.29) is 29.9 Å². The molecule has 8 heteroatoms. The number of likely N-dealkylation sites (N-methyl/N-ethyl adjacent to an activating group) is 1. The van der Waals surface area contributed by atoms with Crippen molar-refractivity contribution in [3.8, 4) is 0 Å². The third-order valence-electron chi connectivity index (χ3n) is 5.36. The molecule has 1 heterocycles. The summed E-state index contributed by atoms with van der Waals surface area (Å²) >= 11 is 0. The summed E-state index contributed by atoms with van der Waals surface area (Å²) in [6, 6.07) is 7.72. The van der Waals surface area contributed by atoms with Crippen LogP contribution in [0.1, 0.15) is 42.1 Å². The highest BCUT2D eigenvalue weighted by Gasteiger charge is 2.15. The van der Waals surface area contributed by atoms with E-state index in [1.165, 1.54) is 0 Å². The molecule has 0 atom stereocenters. The summed E-state index contributed by atoms with van der Waals surface area (Å²) in [6.45, 7) is 7.67. The van der Waals surface area contributed by atoms with Crippen molar-refractivity contribution in [3.63, 3.8) is 0 Å². The SMILES string of the molecule is CCNC(=NCc1cccc(C(=O)NCCN(C)C)c1)N(C)CCC1CCOCC1.I. The maximum absolute atomic E-state index is 12.4. The van der Waals surface area contributed by atoms with Gasteiger partial charge in [0.15, 0.2) is 5.96 Å². The Bertz CT molecular complexity index is 678. The molecule has 1 aromatic carbocycles. The van der Waals surface area contributed by atoms with E-state index in [0.717, 1.165) is 69.6 Å². The molecular weight excluding hydrogens is 505 g/mol. The van der Waals surface area contributed by atoms with Crippen molar-refractivity contribution in [1.29, 1.82) is 0 Å². The fraction of sp³-hybridized carbons (Fsp3) is 0.652. The number of nitrogens with zero attached hydrogens (tertiary/aromatic N) is 3. The summed E-state index contributed by atoms with van der Waals surface area (Å²) in [5.41, 5.74) is 1.71. The van der Waals surface area contributed by atoms with Crippen LogP contribution in [0.4, 0.5) is 0 Å². The van der Waals surface area contributed by atoms with Crippen LogP contribution in [0.15, 0.2) is 29.3 Å². The van der Waals surface area contributed by atoms with Crippen molar-refractivity contribution < 1.29 is 9.53 Å². The number of ether oxygens (including phenoxy) is 1. The fourth-order valence-corrected chi connectivity index (χ4v) is 3.46. The van der Waals surface area contributed by atoms with Crippen LogP contribution in [-0.2, 0) is 11.3 Å². The molecule has 0 saturated carbocycles. The molecule has 31 heavy (non-hydrogen) atoms. The highest BCUT2D eigenvalue weighted by Crippen LogP contribution is 2.18. The van der Waals surface area contributed by atoms with Gasteiger partial charge in [0.2, 0.25) is 0 Å². The molecule has 1 saturated heterocycles. The van der Waals surface area contributed by atoms with E-state index in [2.05, 4.69) is 29.5 Å². The number of carbonyl (C=O) groups excluding carboxylic acids is 1. The molecule has 1 aromatic rings. The molecule has 2 N–H and O–H groups in total. The lowest BCUT2D eigenvalue weighted by Gasteiger charge is -2.26. The van der Waals surface area contributed by atoms with Crippen LogP contribution in [0.2, 0.25) is 0 Å². The Morgan fingerprint density at radius 3 is 2.58 bits per heavy atom. The molecular formula is C23H40IN5O2. The second-order valence-electron chi connectivity index (χ2n) is 8.20. The summed E-state index contributed by atoms with van der Waals surface area (Å²) in [5, 5.41) is 6.35. The average Bonchev–Trinajstić information content (AvgIpc) is 2.75. The van der Waals surface area contributed by atoms with Gasteiger partial charge in [-0.3, -0.25) is 4.79 Å². The summed E-state index contributed by atoms with van der Waals surface area (Å²) in [5.74, 6) is 1.61. The first-order valence-electron chi connectivity index (χ1n) is 11.1. The third kappa shape index (κ3) is 10.7. The van der Waals surface area contributed by atoms with Gasteiger partial charge < -0.3 is 25.2 Å². The van der Waals surface area contributed by atoms with Crippen molar-refractivity contribution in [3.05, 3.63) is 35.4 Å². The second-order valence-corrected chi connectivity index (χ2v) is 8.20. The zero-order valence-corrected chi connectivity index (χ0v) is 21.9. The molecule has 176 valence electrons. The van der Waals surface area contributed by atoms with E-state index in [1.54, 1.807) is 0 Å². The number of hydrogen-bond donors (Lipinski definition) is 2. The summed E-state index contributed by atoms with van der Waals surface area (Å²) in [7, 11) is 6.08. The minimum absolute atomic E-state index is 0. The van der Waals surface area contributed by atoms with Crippen molar-refractivity contribution >= 4 is 35.8 Å². The molecule has 0 bridgehead atoms. The highest BCUT2D eigenvalue weighted by molar-refractivity contribution is 14.0. The predicted octanol–water partition coefficient (Wildman–Crippen LogP) is 2.81. The van der Waals surface area contributed by atoms with Gasteiger partial charge in [-0.15, -0.1) is 24.0 Å². The lowest BCUT2D eigenvalue weighted by atomic mass is 9.96. The van der Waals surface area contributed by atoms with Crippen LogP contribution in [0, 0.1) is 5.92 Å². The third-order valence-corrected chi connectivity index (χ3v) is 5.36. The molecule has 1 amide bonds. The Kier molecular flexibility index (Phi) is 13.7. The van der Waals surface area contributed by atoms with Crippen molar-refractivity contribution in [1.82, 2.24) is 20.4 Å². The van der Waals surface area contributed by atoms with Gasteiger partial charge in [-0.2, -0.15) is 0 Å². The summed E-state index contributed by atoms with van der Waals surface area (Å²) in [4.78, 5) is 21.4. The lowest BCUT2D eigenvalue weighted by molar-refractivity contribution is 0.0625. The number of nitrogens with one attached hydrogen (secondary N) is 2. The smallest absolute Gasteiger partial charge is 0.251 e. The number of hydrogen-bond acceptors (Lipinski definition) is 4. The molecule has 0 unspecified atom stereocenters. The first-order valence-corrected chi connectivity index (χ1v) is 11.1. The minimum Gasteiger partial charge on any atom is -0.381 e. The van der Waals surface area contributed by atoms with E-state index in [0.29, 0.717) is 18.7 Å². The number of guanidine groups is 1. The average molecular weight is 546 g/mol. The number of aliphatic imine (C=N–C) groups is 1. The zero-order valence-electron chi connectivity index (χ0n) is 19.5. The molecule has 1 fully saturated rings. The number of carbonyl (C=O) groups is 1. The van der Waals surface area contributed by atoms with Gasteiger partial charge in [0.1, 0.15) is 0 Å². The molecule has 0 radical (unpaired) electrons. The van der Waals surface area contributed by atoms with Gasteiger partial charge in [0, 0.05) is 52.0 Å². The molecule has 0 aromatic heterocycles. The zero-order chi connectivity index (χ0) is 21.8. The van der Waals surface area contributed by atoms with Crippen LogP contribution >= 0.6 is 24.0 Å². The van der Waals surface area contributed by atoms with Crippen LogP contribution in [0.3, 0.4) is 0 Å². The quantitative estimate of drug-likeness (QED) is 0.269. The standard InChI is InChI=1S/C23H39N5O2.HI/c1-5-24-23(28(4)13-9-19-10-15-30-16-11-19)26-18-20-7-6-8-21(17-20)22(29)25-12-14-27(2)3;/h6-8,17,19H,5,9-16,18H2,1-4H3,(H,24,26)(H,25,29);1H. The van der Waals surface area contributed by atoms with Crippen molar-refractivity contribution in [2.45, 2.75) is 32.7 Å².